The van der Waals surface area contributed by atoms with Gasteiger partial charge in [0.1, 0.15) is 5.82 Å². The Morgan fingerprint density at radius 2 is 1.53 bits per heavy atom. The first kappa shape index (κ1) is 35.0. The number of aromatic nitrogens is 1. The lowest BCUT2D eigenvalue weighted by molar-refractivity contribution is -0.122. The summed E-state index contributed by atoms with van der Waals surface area (Å²) in [4.78, 5) is 42.8. The van der Waals surface area contributed by atoms with Gasteiger partial charge in [0.2, 0.25) is 17.7 Å². The van der Waals surface area contributed by atoms with E-state index < -0.39 is 14.9 Å². The van der Waals surface area contributed by atoms with E-state index in [-0.39, 0.29) is 29.9 Å². The summed E-state index contributed by atoms with van der Waals surface area (Å²) in [5, 5.41) is 7.61. The number of anilines is 2. The first-order chi connectivity index (χ1) is 22.3. The van der Waals surface area contributed by atoms with Gasteiger partial charge < -0.3 is 20.0 Å². The maximum atomic E-state index is 13.3. The van der Waals surface area contributed by atoms with Crippen molar-refractivity contribution in [2.45, 2.75) is 47.6 Å². The third-order valence-electron chi connectivity index (χ3n) is 7.73. The molecule has 0 bridgehead atoms. The largest absolute Gasteiger partial charge is 0.400 e. The van der Waals surface area contributed by atoms with Crippen LogP contribution in [-0.2, 0) is 18.8 Å². The van der Waals surface area contributed by atoms with Crippen LogP contribution in [0, 0.1) is 19.3 Å². The number of nitrogens with one attached hydrogen (secondary N) is 2. The fraction of sp³-hybridized carbons (Fsp3) is 0.263. The molecule has 8 nitrogen and oxygen atoms in total. The van der Waals surface area contributed by atoms with Crippen molar-refractivity contribution in [3.8, 4) is 0 Å². The van der Waals surface area contributed by atoms with Crippen molar-refractivity contribution in [3.05, 3.63) is 119 Å². The molecule has 243 valence electrons. The van der Waals surface area contributed by atoms with Gasteiger partial charge in [-0.15, -0.1) is 0 Å². The zero-order chi connectivity index (χ0) is 34.1. The lowest BCUT2D eigenvalue weighted by atomic mass is 9.81. The van der Waals surface area contributed by atoms with E-state index in [1.807, 2.05) is 31.2 Å². The quantitative estimate of drug-likeness (QED) is 0.169. The SMILES string of the molecule is CC(=O)Nc1ccc(C=CC(=O)NCC(=O)N(C)c2ccc(C)c(C(O[Si](c3ccccc3)c3ccccc3)C(C)(C)C)c2C)cn1. The molecule has 0 aliphatic rings. The first-order valence-electron chi connectivity index (χ1n) is 15.6. The lowest BCUT2D eigenvalue weighted by Crippen LogP contribution is -2.47. The van der Waals surface area contributed by atoms with E-state index in [4.69, 9.17) is 4.43 Å². The maximum absolute atomic E-state index is 13.3. The molecule has 47 heavy (non-hydrogen) atoms. The summed E-state index contributed by atoms with van der Waals surface area (Å²) in [5.74, 6) is -0.444. The highest BCUT2D eigenvalue weighted by molar-refractivity contribution is 6.80. The highest BCUT2D eigenvalue weighted by atomic mass is 28.3. The summed E-state index contributed by atoms with van der Waals surface area (Å²) in [7, 11) is 0.111. The van der Waals surface area contributed by atoms with Crippen LogP contribution in [0.1, 0.15) is 56.1 Å². The summed E-state index contributed by atoms with van der Waals surface area (Å²) in [5.41, 5.74) is 4.30. The number of benzene rings is 3. The van der Waals surface area contributed by atoms with Gasteiger partial charge in [0.25, 0.3) is 9.04 Å². The molecule has 3 amide bonds. The molecular weight excluding hydrogens is 605 g/mol. The van der Waals surface area contributed by atoms with Gasteiger partial charge in [0.05, 0.1) is 12.6 Å². The normalized spacial score (nSPS) is 12.2. The fourth-order valence-electron chi connectivity index (χ4n) is 5.29. The van der Waals surface area contributed by atoms with Crippen LogP contribution in [-0.4, -0.2) is 45.3 Å². The molecule has 0 fully saturated rings. The summed E-state index contributed by atoms with van der Waals surface area (Å²) in [6.45, 7) is 11.9. The Kier molecular flexibility index (Phi) is 11.6. The minimum atomic E-state index is -1.61. The van der Waals surface area contributed by atoms with Gasteiger partial charge in [-0.1, -0.05) is 87.5 Å². The van der Waals surface area contributed by atoms with Gasteiger partial charge in [-0.05, 0) is 76.2 Å². The number of hydrogen-bond donors (Lipinski definition) is 2. The number of carbonyl (C=O) groups is 3. The van der Waals surface area contributed by atoms with Crippen LogP contribution in [0.5, 0.6) is 0 Å². The number of amides is 3. The van der Waals surface area contributed by atoms with Gasteiger partial charge in [-0.25, -0.2) is 4.98 Å². The van der Waals surface area contributed by atoms with Gasteiger partial charge in [-0.3, -0.25) is 14.4 Å². The Bertz CT molecular complexity index is 1680. The number of rotatable bonds is 11. The third kappa shape index (κ3) is 9.34. The van der Waals surface area contributed by atoms with Crippen LogP contribution in [0.2, 0.25) is 0 Å². The van der Waals surface area contributed by atoms with E-state index in [0.717, 1.165) is 22.4 Å². The van der Waals surface area contributed by atoms with Crippen LogP contribution >= 0.6 is 0 Å². The molecule has 1 unspecified atom stereocenters. The van der Waals surface area contributed by atoms with Crippen LogP contribution in [0.15, 0.2) is 97.2 Å². The number of hydrogen-bond acceptors (Lipinski definition) is 5. The maximum Gasteiger partial charge on any atom is 0.283 e. The second kappa shape index (κ2) is 15.6. The molecule has 0 saturated carbocycles. The molecular formula is C38H43N4O4Si. The van der Waals surface area contributed by atoms with Crippen molar-refractivity contribution in [1.29, 1.82) is 0 Å². The molecule has 1 aromatic heterocycles. The standard InChI is InChI=1S/C38H43N4O4Si/c1-26-18-21-32(42(7)35(45)25-40-34(44)23-20-29-19-22-33(39-24-29)41-28(3)43)27(2)36(26)37(38(4,5)6)46-47(30-14-10-8-11-15-30)31-16-12-9-13-17-31/h8-24,37H,25H2,1-7H3,(H,40,44)(H,39,41,43). The van der Waals surface area contributed by atoms with Crippen LogP contribution in [0.25, 0.3) is 6.08 Å². The van der Waals surface area contributed by atoms with Gasteiger partial charge >= 0.3 is 0 Å². The smallest absolute Gasteiger partial charge is 0.283 e. The number of carbonyl (C=O) groups excluding carboxylic acids is 3. The van der Waals surface area contributed by atoms with Crippen molar-refractivity contribution in [1.82, 2.24) is 10.3 Å². The van der Waals surface area contributed by atoms with Crippen molar-refractivity contribution in [2.75, 3.05) is 23.8 Å². The number of aryl methyl sites for hydroxylation is 1. The van der Waals surface area contributed by atoms with Crippen LogP contribution in [0.3, 0.4) is 0 Å². The summed E-state index contributed by atoms with van der Waals surface area (Å²) in [6, 6.07) is 28.1. The Hall–Kier alpha value is -4.86. The topological polar surface area (TPSA) is 101 Å². The second-order valence-electron chi connectivity index (χ2n) is 12.5. The van der Waals surface area contributed by atoms with Crippen LogP contribution < -0.4 is 25.9 Å². The Morgan fingerprint density at radius 1 is 0.915 bits per heavy atom. The molecule has 1 heterocycles. The summed E-state index contributed by atoms with van der Waals surface area (Å²) < 4.78 is 7.21. The molecule has 0 aliphatic heterocycles. The van der Waals surface area contributed by atoms with E-state index >= 15 is 0 Å². The van der Waals surface area contributed by atoms with E-state index in [2.05, 4.69) is 91.8 Å². The number of nitrogens with zero attached hydrogens (tertiary/aromatic N) is 2. The highest BCUT2D eigenvalue weighted by Crippen LogP contribution is 2.42. The van der Waals surface area contributed by atoms with E-state index in [9.17, 15) is 14.4 Å². The van der Waals surface area contributed by atoms with Crippen molar-refractivity contribution >= 4 is 54.7 Å². The van der Waals surface area contributed by atoms with Crippen molar-refractivity contribution in [3.63, 3.8) is 0 Å². The van der Waals surface area contributed by atoms with Gasteiger partial charge in [0.15, 0.2) is 0 Å². The Labute approximate surface area is 279 Å². The molecule has 1 atom stereocenters. The average molecular weight is 648 g/mol. The Balaban J connectivity index is 1.53. The van der Waals surface area contributed by atoms with Gasteiger partial charge in [0, 0.05) is 31.9 Å². The molecule has 3 aromatic carbocycles. The molecule has 0 aliphatic carbocycles. The number of pyridine rings is 1. The summed E-state index contributed by atoms with van der Waals surface area (Å²) in [6.07, 6.45) is 4.23. The average Bonchev–Trinajstić information content (AvgIpc) is 3.04. The molecule has 1 radical (unpaired) electrons. The van der Waals surface area contributed by atoms with Crippen molar-refractivity contribution < 1.29 is 18.8 Å². The first-order valence-corrected chi connectivity index (χ1v) is 17.0. The number of likely N-dealkylation sites (N-methyl/N-ethyl adjacent to an activating group) is 1. The third-order valence-corrected chi connectivity index (χ3v) is 9.91. The Morgan fingerprint density at radius 3 is 2.06 bits per heavy atom. The molecule has 9 heteroatoms. The second-order valence-corrected chi connectivity index (χ2v) is 14.6. The zero-order valence-electron chi connectivity index (χ0n) is 28.1. The lowest BCUT2D eigenvalue weighted by Gasteiger charge is -2.37. The highest BCUT2D eigenvalue weighted by Gasteiger charge is 2.35. The molecule has 2 N–H and O–H groups in total. The van der Waals surface area contributed by atoms with E-state index in [0.29, 0.717) is 11.4 Å². The molecule has 0 saturated heterocycles. The summed E-state index contributed by atoms with van der Waals surface area (Å²) >= 11 is 0. The molecule has 0 spiro atoms. The fourth-order valence-corrected chi connectivity index (χ4v) is 7.60. The monoisotopic (exact) mass is 647 g/mol. The molecule has 4 aromatic rings. The zero-order valence-corrected chi connectivity index (χ0v) is 29.1. The minimum Gasteiger partial charge on any atom is -0.400 e. The predicted octanol–water partition coefficient (Wildman–Crippen LogP) is 5.36. The van der Waals surface area contributed by atoms with E-state index in [1.165, 1.54) is 23.4 Å². The van der Waals surface area contributed by atoms with Crippen LogP contribution in [0.4, 0.5) is 11.5 Å². The van der Waals surface area contributed by atoms with Gasteiger partial charge in [-0.2, -0.15) is 0 Å². The van der Waals surface area contributed by atoms with Crippen molar-refractivity contribution in [2.24, 2.45) is 5.41 Å². The predicted molar refractivity (Wildman–Crippen MR) is 191 cm³/mol. The minimum absolute atomic E-state index is 0.170. The van der Waals surface area contributed by atoms with E-state index in [1.54, 1.807) is 36.4 Å². The molecule has 4 rings (SSSR count).